The van der Waals surface area contributed by atoms with Gasteiger partial charge in [-0.1, -0.05) is 6.92 Å². The number of nitrogens with zero attached hydrogens (tertiary/aromatic N) is 6. The van der Waals surface area contributed by atoms with Crippen molar-refractivity contribution in [2.75, 3.05) is 23.7 Å². The standard InChI is InChI=1S/C11H17ClN8/c1-3-5-13-10-16-9(12)17-11(18-10)14-6-4-8-15-7-20(2)19-8/h7H,3-6H2,1-2H3,(H2,13,14,16,17,18). The molecule has 0 aliphatic heterocycles. The fourth-order valence-corrected chi connectivity index (χ4v) is 1.69. The van der Waals surface area contributed by atoms with Gasteiger partial charge >= 0.3 is 0 Å². The van der Waals surface area contributed by atoms with E-state index in [-0.39, 0.29) is 5.28 Å². The van der Waals surface area contributed by atoms with Crippen LogP contribution in [0.1, 0.15) is 19.2 Å². The lowest BCUT2D eigenvalue weighted by Crippen LogP contribution is -2.12. The van der Waals surface area contributed by atoms with Gasteiger partial charge in [-0.15, -0.1) is 0 Å². The lowest BCUT2D eigenvalue weighted by atomic mass is 10.4. The molecule has 0 saturated heterocycles. The van der Waals surface area contributed by atoms with Gasteiger partial charge in [0.15, 0.2) is 5.82 Å². The smallest absolute Gasteiger partial charge is 0.228 e. The Morgan fingerprint density at radius 2 is 1.85 bits per heavy atom. The van der Waals surface area contributed by atoms with Crippen LogP contribution in [0.25, 0.3) is 0 Å². The predicted molar refractivity (Wildman–Crippen MR) is 76.8 cm³/mol. The van der Waals surface area contributed by atoms with E-state index in [1.54, 1.807) is 11.0 Å². The Morgan fingerprint density at radius 3 is 2.45 bits per heavy atom. The highest BCUT2D eigenvalue weighted by Crippen LogP contribution is 2.09. The van der Waals surface area contributed by atoms with Crippen LogP contribution >= 0.6 is 11.6 Å². The number of hydrogen-bond donors (Lipinski definition) is 2. The molecule has 2 rings (SSSR count). The second-order valence-electron chi connectivity index (χ2n) is 4.19. The molecule has 2 heterocycles. The van der Waals surface area contributed by atoms with Gasteiger partial charge in [0, 0.05) is 26.6 Å². The quantitative estimate of drug-likeness (QED) is 0.791. The monoisotopic (exact) mass is 296 g/mol. The average molecular weight is 297 g/mol. The molecule has 9 heteroatoms. The maximum absolute atomic E-state index is 5.86. The first-order valence-corrected chi connectivity index (χ1v) is 6.79. The van der Waals surface area contributed by atoms with Gasteiger partial charge in [0.1, 0.15) is 6.33 Å². The summed E-state index contributed by atoms with van der Waals surface area (Å²) < 4.78 is 1.67. The van der Waals surface area contributed by atoms with Gasteiger partial charge in [-0.05, 0) is 18.0 Å². The second kappa shape index (κ2) is 6.99. The van der Waals surface area contributed by atoms with Gasteiger partial charge < -0.3 is 10.6 Å². The molecule has 0 unspecified atom stereocenters. The number of halogens is 1. The number of anilines is 2. The Kier molecular flexibility index (Phi) is 5.05. The molecule has 0 aliphatic carbocycles. The molecule has 0 fully saturated rings. The minimum atomic E-state index is 0.164. The summed E-state index contributed by atoms with van der Waals surface area (Å²) >= 11 is 5.86. The zero-order valence-corrected chi connectivity index (χ0v) is 12.2. The third kappa shape index (κ3) is 4.30. The van der Waals surface area contributed by atoms with E-state index in [0.717, 1.165) is 18.8 Å². The van der Waals surface area contributed by atoms with E-state index >= 15 is 0 Å². The summed E-state index contributed by atoms with van der Waals surface area (Å²) in [5.74, 6) is 1.69. The van der Waals surface area contributed by atoms with Crippen molar-refractivity contribution in [2.45, 2.75) is 19.8 Å². The van der Waals surface area contributed by atoms with Crippen LogP contribution in [0.15, 0.2) is 6.33 Å². The maximum Gasteiger partial charge on any atom is 0.228 e. The van der Waals surface area contributed by atoms with Gasteiger partial charge in [-0.3, -0.25) is 4.68 Å². The van der Waals surface area contributed by atoms with Crippen LogP contribution in [0.4, 0.5) is 11.9 Å². The molecular formula is C11H17ClN8. The molecule has 0 aliphatic rings. The Hall–Kier alpha value is -1.96. The summed E-state index contributed by atoms with van der Waals surface area (Å²) in [4.78, 5) is 16.4. The fourth-order valence-electron chi connectivity index (χ4n) is 1.53. The molecule has 2 aromatic heterocycles. The molecule has 0 aromatic carbocycles. The zero-order chi connectivity index (χ0) is 14.4. The molecule has 0 atom stereocenters. The molecule has 0 bridgehead atoms. The first-order chi connectivity index (χ1) is 9.67. The fraction of sp³-hybridized carbons (Fsp3) is 0.545. The molecular weight excluding hydrogens is 280 g/mol. The highest BCUT2D eigenvalue weighted by molar-refractivity contribution is 6.28. The van der Waals surface area contributed by atoms with E-state index in [1.165, 1.54) is 0 Å². The van der Waals surface area contributed by atoms with E-state index in [2.05, 4.69) is 42.6 Å². The van der Waals surface area contributed by atoms with Crippen molar-refractivity contribution in [1.82, 2.24) is 29.7 Å². The maximum atomic E-state index is 5.86. The van der Waals surface area contributed by atoms with Crippen molar-refractivity contribution in [3.8, 4) is 0 Å². The average Bonchev–Trinajstić information content (AvgIpc) is 2.81. The topological polar surface area (TPSA) is 93.4 Å². The normalized spacial score (nSPS) is 10.6. The molecule has 20 heavy (non-hydrogen) atoms. The lowest BCUT2D eigenvalue weighted by molar-refractivity contribution is 0.741. The second-order valence-corrected chi connectivity index (χ2v) is 4.53. The van der Waals surface area contributed by atoms with Crippen molar-refractivity contribution in [3.05, 3.63) is 17.4 Å². The number of rotatable bonds is 7. The molecule has 8 nitrogen and oxygen atoms in total. The van der Waals surface area contributed by atoms with E-state index in [1.807, 2.05) is 7.05 Å². The molecule has 2 N–H and O–H groups in total. The summed E-state index contributed by atoms with van der Waals surface area (Å²) in [6.07, 6.45) is 3.33. The van der Waals surface area contributed by atoms with Crippen LogP contribution in [0, 0.1) is 0 Å². The summed E-state index contributed by atoms with van der Waals surface area (Å²) in [5.41, 5.74) is 0. The van der Waals surface area contributed by atoms with Gasteiger partial charge in [-0.2, -0.15) is 20.1 Å². The Morgan fingerprint density at radius 1 is 1.15 bits per heavy atom. The first kappa shape index (κ1) is 14.4. The third-order valence-corrected chi connectivity index (χ3v) is 2.59. The summed E-state index contributed by atoms with van der Waals surface area (Å²) in [6.45, 7) is 3.48. The van der Waals surface area contributed by atoms with E-state index < -0.39 is 0 Å². The van der Waals surface area contributed by atoms with Crippen molar-refractivity contribution in [3.63, 3.8) is 0 Å². The SMILES string of the molecule is CCCNc1nc(Cl)nc(NCCc2ncn(C)n2)n1. The molecule has 0 spiro atoms. The zero-order valence-electron chi connectivity index (χ0n) is 11.5. The van der Waals surface area contributed by atoms with E-state index in [0.29, 0.717) is 24.9 Å². The third-order valence-electron chi connectivity index (χ3n) is 2.42. The number of nitrogens with one attached hydrogen (secondary N) is 2. The van der Waals surface area contributed by atoms with Gasteiger partial charge in [0.25, 0.3) is 0 Å². The molecule has 0 radical (unpaired) electrons. The Labute approximate surface area is 122 Å². The van der Waals surface area contributed by atoms with Crippen LogP contribution in [0.2, 0.25) is 5.28 Å². The Balaban J connectivity index is 1.89. The molecule has 0 amide bonds. The van der Waals surface area contributed by atoms with Crippen molar-refractivity contribution < 1.29 is 0 Å². The summed E-state index contributed by atoms with van der Waals surface area (Å²) in [5, 5.41) is 10.5. The van der Waals surface area contributed by atoms with Crippen molar-refractivity contribution in [1.29, 1.82) is 0 Å². The van der Waals surface area contributed by atoms with E-state index in [4.69, 9.17) is 11.6 Å². The minimum Gasteiger partial charge on any atom is -0.354 e. The van der Waals surface area contributed by atoms with Gasteiger partial charge in [-0.25, -0.2) is 4.98 Å². The first-order valence-electron chi connectivity index (χ1n) is 6.41. The van der Waals surface area contributed by atoms with E-state index in [9.17, 15) is 0 Å². The molecule has 0 saturated carbocycles. The molecule has 108 valence electrons. The van der Waals surface area contributed by atoms with Crippen LogP contribution in [-0.4, -0.2) is 42.8 Å². The summed E-state index contributed by atoms with van der Waals surface area (Å²) in [7, 11) is 1.83. The van der Waals surface area contributed by atoms with Crippen LogP contribution in [-0.2, 0) is 13.5 Å². The molecule has 2 aromatic rings. The predicted octanol–water partition coefficient (Wildman–Crippen LogP) is 1.13. The number of hydrogen-bond acceptors (Lipinski definition) is 7. The Bertz CT molecular complexity index is 555. The van der Waals surface area contributed by atoms with Crippen LogP contribution < -0.4 is 10.6 Å². The number of aryl methyl sites for hydroxylation is 1. The lowest BCUT2D eigenvalue weighted by Gasteiger charge is -2.06. The van der Waals surface area contributed by atoms with Crippen LogP contribution in [0.3, 0.4) is 0 Å². The van der Waals surface area contributed by atoms with Crippen molar-refractivity contribution in [2.24, 2.45) is 7.05 Å². The largest absolute Gasteiger partial charge is 0.354 e. The van der Waals surface area contributed by atoms with Crippen molar-refractivity contribution >= 4 is 23.5 Å². The minimum absolute atomic E-state index is 0.164. The van der Waals surface area contributed by atoms with Gasteiger partial charge in [0.2, 0.25) is 17.2 Å². The number of aromatic nitrogens is 6. The van der Waals surface area contributed by atoms with Gasteiger partial charge in [0.05, 0.1) is 0 Å². The summed E-state index contributed by atoms with van der Waals surface area (Å²) in [6, 6.07) is 0. The highest BCUT2D eigenvalue weighted by Gasteiger charge is 2.05. The van der Waals surface area contributed by atoms with Crippen LogP contribution in [0.5, 0.6) is 0 Å². The highest BCUT2D eigenvalue weighted by atomic mass is 35.5.